The average molecular weight is 349 g/mol. The van der Waals surface area contributed by atoms with Gasteiger partial charge in [0.1, 0.15) is 0 Å². The smallest absolute Gasteiger partial charge is 0.282 e. The second-order valence-electron chi connectivity index (χ2n) is 1.93. The Hall–Kier alpha value is 0.483. The average Bonchev–Trinajstić information content (AvgIpc) is 1.86. The Morgan fingerprint density at radius 2 is 1.92 bits per heavy atom. The number of rotatable bonds is 1. The molecule has 0 unspecified atom stereocenters. The first-order valence-electron chi connectivity index (χ1n) is 2.73. The zero-order valence-corrected chi connectivity index (χ0v) is 12.0. The molecule has 0 atom stereocenters. The maximum Gasteiger partial charge on any atom is 0.294 e. The van der Waals surface area contributed by atoms with Crippen LogP contribution in [0.25, 0.3) is 0 Å². The minimum Gasteiger partial charge on any atom is -0.282 e. The zero-order chi connectivity index (χ0) is 8.48. The molecule has 1 aromatic carbocycles. The van der Waals surface area contributed by atoms with Gasteiger partial charge in [0.25, 0.3) is 10.1 Å². The van der Waals surface area contributed by atoms with E-state index in [4.69, 9.17) is 4.55 Å². The number of benzene rings is 1. The Balaban J connectivity index is 0.00000121. The van der Waals surface area contributed by atoms with Gasteiger partial charge in [-0.25, -0.2) is 0 Å². The monoisotopic (exact) mass is 348 g/mol. The fourth-order valence-corrected chi connectivity index (χ4v) is 1.91. The Kier molecular flexibility index (Phi) is 4.83. The topological polar surface area (TPSA) is 54.4 Å². The standard InChI is InChI=1S/C6H5IO3S.Zn/c7-5-2-1-3-6(4-5)11(8,9)10;/h1-4H,(H,8,9,10);. The van der Waals surface area contributed by atoms with Crippen molar-refractivity contribution >= 4 is 32.7 Å². The van der Waals surface area contributed by atoms with Crippen LogP contribution in [0, 0.1) is 3.57 Å². The van der Waals surface area contributed by atoms with Crippen LogP contribution >= 0.6 is 22.6 Å². The Labute approximate surface area is 97.2 Å². The maximum absolute atomic E-state index is 10.5. The molecule has 0 aliphatic carbocycles. The van der Waals surface area contributed by atoms with Gasteiger partial charge in [0.2, 0.25) is 0 Å². The SMILES string of the molecule is O=S(=O)(O)c1cccc(I)c1.[Zn]. The molecule has 62 valence electrons. The molecule has 0 amide bonds. The van der Waals surface area contributed by atoms with Crippen molar-refractivity contribution in [2.24, 2.45) is 0 Å². The van der Waals surface area contributed by atoms with Crippen LogP contribution in [-0.4, -0.2) is 13.0 Å². The molecule has 0 aliphatic heterocycles. The van der Waals surface area contributed by atoms with Crippen LogP contribution in [0.15, 0.2) is 29.2 Å². The molecular weight excluding hydrogens is 344 g/mol. The van der Waals surface area contributed by atoms with E-state index in [1.165, 1.54) is 12.1 Å². The van der Waals surface area contributed by atoms with Crippen LogP contribution in [0.4, 0.5) is 0 Å². The van der Waals surface area contributed by atoms with Gasteiger partial charge in [-0.2, -0.15) is 8.42 Å². The summed E-state index contributed by atoms with van der Waals surface area (Å²) in [5, 5.41) is 0. The van der Waals surface area contributed by atoms with Crippen molar-refractivity contribution < 1.29 is 32.4 Å². The molecule has 1 N–H and O–H groups in total. The molecule has 6 heteroatoms. The molecule has 0 saturated carbocycles. The quantitative estimate of drug-likeness (QED) is 0.475. The van der Waals surface area contributed by atoms with E-state index in [9.17, 15) is 8.42 Å². The second-order valence-corrected chi connectivity index (χ2v) is 4.60. The largest absolute Gasteiger partial charge is 0.294 e. The van der Waals surface area contributed by atoms with Gasteiger partial charge in [-0.1, -0.05) is 6.07 Å². The van der Waals surface area contributed by atoms with Crippen molar-refractivity contribution in [2.75, 3.05) is 0 Å². The summed E-state index contributed by atoms with van der Waals surface area (Å²) in [6.07, 6.45) is 0. The molecule has 0 fully saturated rings. The first-order valence-corrected chi connectivity index (χ1v) is 5.25. The fourth-order valence-electron chi connectivity index (χ4n) is 0.627. The molecule has 1 rings (SSSR count). The first kappa shape index (κ1) is 12.5. The van der Waals surface area contributed by atoms with Gasteiger partial charge in [-0.05, 0) is 40.8 Å². The van der Waals surface area contributed by atoms with Crippen LogP contribution in [0.2, 0.25) is 0 Å². The molecule has 12 heavy (non-hydrogen) atoms. The molecular formula is C6H5IO3SZn. The third-order valence-electron chi connectivity index (χ3n) is 1.09. The second kappa shape index (κ2) is 4.64. The molecule has 0 bridgehead atoms. The van der Waals surface area contributed by atoms with E-state index in [1.807, 2.05) is 22.6 Å². The van der Waals surface area contributed by atoms with E-state index in [0.717, 1.165) is 3.57 Å². The van der Waals surface area contributed by atoms with Gasteiger partial charge in [-0.3, -0.25) is 4.55 Å². The van der Waals surface area contributed by atoms with E-state index in [-0.39, 0.29) is 24.4 Å². The Morgan fingerprint density at radius 3 is 2.25 bits per heavy atom. The minimum atomic E-state index is -4.03. The van der Waals surface area contributed by atoms with Crippen molar-refractivity contribution in [3.8, 4) is 0 Å². The molecule has 0 radical (unpaired) electrons. The molecule has 0 spiro atoms. The predicted octanol–water partition coefficient (Wildman–Crippen LogP) is 1.54. The van der Waals surface area contributed by atoms with Gasteiger partial charge in [-0.15, -0.1) is 0 Å². The van der Waals surface area contributed by atoms with Crippen molar-refractivity contribution in [1.29, 1.82) is 0 Å². The van der Waals surface area contributed by atoms with Gasteiger partial charge in [0.05, 0.1) is 4.90 Å². The van der Waals surface area contributed by atoms with Gasteiger partial charge < -0.3 is 0 Å². The molecule has 3 nitrogen and oxygen atoms in total. The van der Waals surface area contributed by atoms with Gasteiger partial charge in [0.15, 0.2) is 0 Å². The summed E-state index contributed by atoms with van der Waals surface area (Å²) in [5.41, 5.74) is 0. The van der Waals surface area contributed by atoms with Crippen LogP contribution < -0.4 is 0 Å². The van der Waals surface area contributed by atoms with Crippen molar-refractivity contribution in [3.05, 3.63) is 27.8 Å². The van der Waals surface area contributed by atoms with Crippen molar-refractivity contribution in [1.82, 2.24) is 0 Å². The first-order chi connectivity index (χ1) is 5.00. The summed E-state index contributed by atoms with van der Waals surface area (Å²) < 4.78 is 30.4. The van der Waals surface area contributed by atoms with Crippen molar-refractivity contribution in [2.45, 2.75) is 4.90 Å². The van der Waals surface area contributed by atoms with Crippen LogP contribution in [-0.2, 0) is 29.6 Å². The third kappa shape index (κ3) is 3.47. The summed E-state index contributed by atoms with van der Waals surface area (Å²) >= 11 is 1.97. The normalized spacial score (nSPS) is 10.5. The summed E-state index contributed by atoms with van der Waals surface area (Å²) in [6, 6.07) is 6.06. The number of hydrogen-bond acceptors (Lipinski definition) is 2. The third-order valence-corrected chi connectivity index (χ3v) is 2.61. The number of halogens is 1. The van der Waals surface area contributed by atoms with E-state index in [1.54, 1.807) is 12.1 Å². The van der Waals surface area contributed by atoms with E-state index >= 15 is 0 Å². The Morgan fingerprint density at radius 1 is 1.33 bits per heavy atom. The Bertz CT molecular complexity index is 363. The molecule has 0 aromatic heterocycles. The van der Waals surface area contributed by atoms with Crippen molar-refractivity contribution in [3.63, 3.8) is 0 Å². The summed E-state index contributed by atoms with van der Waals surface area (Å²) in [6.45, 7) is 0. The van der Waals surface area contributed by atoms with Crippen LogP contribution in [0.1, 0.15) is 0 Å². The predicted molar refractivity (Wildman–Crippen MR) is 49.0 cm³/mol. The molecule has 0 heterocycles. The fraction of sp³-hybridized carbons (Fsp3) is 0. The van der Waals surface area contributed by atoms with E-state index in [2.05, 4.69) is 0 Å². The van der Waals surface area contributed by atoms with E-state index < -0.39 is 10.1 Å². The van der Waals surface area contributed by atoms with E-state index in [0.29, 0.717) is 0 Å². The van der Waals surface area contributed by atoms with Gasteiger partial charge >= 0.3 is 0 Å². The summed E-state index contributed by atoms with van der Waals surface area (Å²) in [7, 11) is -4.03. The molecule has 0 saturated heterocycles. The van der Waals surface area contributed by atoms with Gasteiger partial charge in [0, 0.05) is 23.0 Å². The van der Waals surface area contributed by atoms with Crippen LogP contribution in [0.5, 0.6) is 0 Å². The zero-order valence-electron chi connectivity index (χ0n) is 6.07. The minimum absolute atomic E-state index is 0. The number of hydrogen-bond donors (Lipinski definition) is 1. The van der Waals surface area contributed by atoms with Crippen LogP contribution in [0.3, 0.4) is 0 Å². The molecule has 0 aliphatic rings. The maximum atomic E-state index is 10.5. The summed E-state index contributed by atoms with van der Waals surface area (Å²) in [4.78, 5) is -0.0654. The molecule has 1 aromatic rings. The summed E-state index contributed by atoms with van der Waals surface area (Å²) in [5.74, 6) is 0.